The molecule has 1 N–H and O–H groups in total. The van der Waals surface area contributed by atoms with Gasteiger partial charge in [0.15, 0.2) is 0 Å². The molecule has 0 fully saturated rings. The van der Waals surface area contributed by atoms with Gasteiger partial charge in [-0.3, -0.25) is 4.79 Å². The largest absolute Gasteiger partial charge is 0.444 e. The fourth-order valence-corrected chi connectivity index (χ4v) is 2.17. The Balaban J connectivity index is 2.32. The molecule has 0 spiro atoms. The number of rotatable bonds is 2. The van der Waals surface area contributed by atoms with Gasteiger partial charge in [0.25, 0.3) is 0 Å². The number of carbonyl (C=O) groups excluding carboxylic acids is 1. The summed E-state index contributed by atoms with van der Waals surface area (Å²) in [5.74, 6) is 0.481. The standard InChI is InChI=1S/C15H20BN3O3/c1-9(17-14(21)22-15(2,3)4)12-18-11-8-6-5-7-10(11)13(20)19(12)16/h5-9H,16H2,1-4H3,(H,17,21)/t9-/m0/s1. The fraction of sp³-hybridized carbons (Fsp3) is 0.400. The van der Waals surface area contributed by atoms with Crippen molar-refractivity contribution >= 4 is 25.0 Å². The summed E-state index contributed by atoms with van der Waals surface area (Å²) in [5, 5.41) is 3.26. The van der Waals surface area contributed by atoms with E-state index in [9.17, 15) is 9.59 Å². The molecule has 116 valence electrons. The van der Waals surface area contributed by atoms with Crippen molar-refractivity contribution in [1.29, 1.82) is 0 Å². The van der Waals surface area contributed by atoms with Gasteiger partial charge < -0.3 is 14.5 Å². The summed E-state index contributed by atoms with van der Waals surface area (Å²) < 4.78 is 6.67. The van der Waals surface area contributed by atoms with Gasteiger partial charge in [0, 0.05) is 0 Å². The maximum atomic E-state index is 12.3. The zero-order chi connectivity index (χ0) is 16.5. The van der Waals surface area contributed by atoms with Crippen LogP contribution in [0.2, 0.25) is 0 Å². The maximum absolute atomic E-state index is 12.3. The molecule has 2 rings (SSSR count). The molecule has 1 atom stereocenters. The lowest BCUT2D eigenvalue weighted by Gasteiger charge is -2.22. The van der Waals surface area contributed by atoms with Gasteiger partial charge in [0.05, 0.1) is 16.9 Å². The third kappa shape index (κ3) is 3.47. The van der Waals surface area contributed by atoms with E-state index >= 15 is 0 Å². The monoisotopic (exact) mass is 301 g/mol. The van der Waals surface area contributed by atoms with Gasteiger partial charge in [-0.1, -0.05) is 12.1 Å². The number of fused-ring (bicyclic) bond motifs is 1. The number of nitrogens with zero attached hydrogens (tertiary/aromatic N) is 2. The van der Waals surface area contributed by atoms with Crippen molar-refractivity contribution in [2.24, 2.45) is 0 Å². The molecular formula is C15H20BN3O3. The summed E-state index contributed by atoms with van der Waals surface area (Å²) >= 11 is 0. The summed E-state index contributed by atoms with van der Waals surface area (Å²) in [6.07, 6.45) is -0.539. The Hall–Kier alpha value is -2.31. The quantitative estimate of drug-likeness (QED) is 0.851. The normalized spacial score (nSPS) is 12.9. The molecule has 7 heteroatoms. The van der Waals surface area contributed by atoms with Crippen LogP contribution in [0, 0.1) is 0 Å². The van der Waals surface area contributed by atoms with E-state index in [0.717, 1.165) is 0 Å². The Labute approximate surface area is 129 Å². The Morgan fingerprint density at radius 2 is 2.00 bits per heavy atom. The van der Waals surface area contributed by atoms with E-state index in [2.05, 4.69) is 10.3 Å². The lowest BCUT2D eigenvalue weighted by atomic mass is 10.2. The van der Waals surface area contributed by atoms with Gasteiger partial charge in [0.1, 0.15) is 11.4 Å². The molecule has 1 aromatic carbocycles. The van der Waals surface area contributed by atoms with Crippen molar-refractivity contribution in [2.45, 2.75) is 39.3 Å². The van der Waals surface area contributed by atoms with Crippen LogP contribution in [0.3, 0.4) is 0 Å². The van der Waals surface area contributed by atoms with Gasteiger partial charge in [-0.2, -0.15) is 0 Å². The van der Waals surface area contributed by atoms with E-state index < -0.39 is 17.7 Å². The van der Waals surface area contributed by atoms with Crippen molar-refractivity contribution in [3.8, 4) is 0 Å². The lowest BCUT2D eigenvalue weighted by molar-refractivity contribution is 0.0505. The number of ether oxygens (including phenoxy) is 1. The summed E-state index contributed by atoms with van der Waals surface area (Å²) in [6, 6.07) is 6.69. The van der Waals surface area contributed by atoms with Crippen LogP contribution in [-0.4, -0.2) is 29.1 Å². The van der Waals surface area contributed by atoms with Gasteiger partial charge in [-0.15, -0.1) is 0 Å². The molecule has 0 saturated heterocycles. The van der Waals surface area contributed by atoms with Crippen LogP contribution in [-0.2, 0) is 4.74 Å². The lowest BCUT2D eigenvalue weighted by Crippen LogP contribution is -2.37. The van der Waals surface area contributed by atoms with Crippen molar-refractivity contribution in [3.63, 3.8) is 0 Å². The molecule has 0 radical (unpaired) electrons. The number of hydrogen-bond donors (Lipinski definition) is 1. The van der Waals surface area contributed by atoms with E-state index in [4.69, 9.17) is 4.74 Å². The van der Waals surface area contributed by atoms with Crippen LogP contribution < -0.4 is 10.9 Å². The molecule has 6 nitrogen and oxygen atoms in total. The van der Waals surface area contributed by atoms with Crippen molar-refractivity contribution < 1.29 is 9.53 Å². The van der Waals surface area contributed by atoms with Crippen LogP contribution >= 0.6 is 0 Å². The number of alkyl carbamates (subject to hydrolysis) is 1. The molecule has 1 aromatic heterocycles. The van der Waals surface area contributed by atoms with Crippen molar-refractivity contribution in [2.75, 3.05) is 0 Å². The van der Waals surface area contributed by atoms with Crippen LogP contribution in [0.15, 0.2) is 29.1 Å². The van der Waals surface area contributed by atoms with E-state index in [0.29, 0.717) is 16.7 Å². The molecule has 0 aliphatic carbocycles. The summed E-state index contributed by atoms with van der Waals surface area (Å²) in [6.45, 7) is 7.14. The van der Waals surface area contributed by atoms with Crippen molar-refractivity contribution in [1.82, 2.24) is 14.8 Å². The highest BCUT2D eigenvalue weighted by atomic mass is 16.6. The van der Waals surface area contributed by atoms with Gasteiger partial charge in [-0.25, -0.2) is 9.78 Å². The number of benzene rings is 1. The molecule has 1 heterocycles. The number of hydrogen-bond acceptors (Lipinski definition) is 4. The minimum atomic E-state index is -0.577. The SMILES string of the molecule is Bn1c([C@H](C)NC(=O)OC(C)(C)C)nc2ccccc2c1=O. The number of para-hydroxylation sites is 1. The van der Waals surface area contributed by atoms with Gasteiger partial charge >= 0.3 is 6.09 Å². The minimum Gasteiger partial charge on any atom is -0.444 e. The number of amides is 1. The van der Waals surface area contributed by atoms with Crippen LogP contribution in [0.25, 0.3) is 10.9 Å². The van der Waals surface area contributed by atoms with Gasteiger partial charge in [-0.05, 0) is 39.8 Å². The second kappa shape index (κ2) is 5.83. The smallest absolute Gasteiger partial charge is 0.408 e. The Kier molecular flexibility index (Phi) is 4.26. The second-order valence-corrected chi connectivity index (χ2v) is 6.22. The molecule has 22 heavy (non-hydrogen) atoms. The first-order chi connectivity index (χ1) is 10.2. The topological polar surface area (TPSA) is 73.2 Å². The number of nitrogens with one attached hydrogen (secondary N) is 1. The zero-order valence-electron chi connectivity index (χ0n) is 13.5. The molecule has 2 aromatic rings. The Bertz CT molecular complexity index is 765. The van der Waals surface area contributed by atoms with Crippen LogP contribution in [0.1, 0.15) is 39.6 Å². The molecular weight excluding hydrogens is 281 g/mol. The molecule has 0 saturated carbocycles. The summed E-state index contributed by atoms with van der Waals surface area (Å²) in [4.78, 5) is 28.7. The van der Waals surface area contributed by atoms with Crippen LogP contribution in [0.5, 0.6) is 0 Å². The average Bonchev–Trinajstić information content (AvgIpc) is 2.40. The summed E-state index contributed by atoms with van der Waals surface area (Å²) in [7, 11) is 1.64. The van der Waals surface area contributed by atoms with Crippen molar-refractivity contribution in [3.05, 3.63) is 40.4 Å². The highest BCUT2D eigenvalue weighted by molar-refractivity contribution is 6.07. The molecule has 0 aliphatic heterocycles. The first kappa shape index (κ1) is 16.1. The second-order valence-electron chi connectivity index (χ2n) is 6.22. The van der Waals surface area contributed by atoms with E-state index in [-0.39, 0.29) is 5.56 Å². The number of carbonyl (C=O) groups is 1. The summed E-state index contributed by atoms with van der Waals surface area (Å²) in [5.41, 5.74) is -0.108. The highest BCUT2D eigenvalue weighted by Gasteiger charge is 2.20. The molecule has 1 amide bonds. The van der Waals surface area contributed by atoms with E-state index in [1.807, 2.05) is 6.07 Å². The first-order valence-electron chi connectivity index (χ1n) is 7.14. The van der Waals surface area contributed by atoms with E-state index in [1.165, 1.54) is 4.48 Å². The van der Waals surface area contributed by atoms with E-state index in [1.54, 1.807) is 53.9 Å². The first-order valence-corrected chi connectivity index (χ1v) is 7.14. The fourth-order valence-electron chi connectivity index (χ4n) is 2.17. The molecule has 0 unspecified atom stereocenters. The maximum Gasteiger partial charge on any atom is 0.408 e. The van der Waals surface area contributed by atoms with Gasteiger partial charge in [0.2, 0.25) is 13.5 Å². The van der Waals surface area contributed by atoms with Crippen LogP contribution in [0.4, 0.5) is 4.79 Å². The average molecular weight is 301 g/mol. The Morgan fingerprint density at radius 1 is 1.36 bits per heavy atom. The predicted molar refractivity (Wildman–Crippen MR) is 87.7 cm³/mol. The molecule has 0 aliphatic rings. The minimum absolute atomic E-state index is 0.140. The predicted octanol–water partition coefficient (Wildman–Crippen LogP) is 1.38. The molecule has 0 bridgehead atoms. The zero-order valence-corrected chi connectivity index (χ0v) is 13.5. The third-order valence-corrected chi connectivity index (χ3v) is 3.14. The Morgan fingerprint density at radius 3 is 2.64 bits per heavy atom. The highest BCUT2D eigenvalue weighted by Crippen LogP contribution is 2.14. The number of aromatic nitrogens is 2. The third-order valence-electron chi connectivity index (χ3n) is 3.14.